The maximum Gasteiger partial charge on any atom is 0.237 e. The lowest BCUT2D eigenvalue weighted by atomic mass is 9.82. The van der Waals surface area contributed by atoms with E-state index in [0.29, 0.717) is 36.5 Å². The van der Waals surface area contributed by atoms with Crippen molar-refractivity contribution in [2.24, 2.45) is 29.4 Å². The molecule has 2 aliphatic heterocycles. The van der Waals surface area contributed by atoms with Crippen LogP contribution in [-0.4, -0.2) is 67.4 Å². The second-order valence-electron chi connectivity index (χ2n) is 8.24. The molecule has 2 atom stereocenters. The molecule has 3 rings (SSSR count). The summed E-state index contributed by atoms with van der Waals surface area (Å²) in [5, 5.41) is 0. The van der Waals surface area contributed by atoms with E-state index in [1.807, 2.05) is 4.90 Å². The summed E-state index contributed by atoms with van der Waals surface area (Å²) < 4.78 is 5.38. The van der Waals surface area contributed by atoms with Crippen molar-refractivity contribution in [3.63, 3.8) is 0 Å². The fraction of sp³-hybridized carbons (Fsp3) is 0.842. The lowest BCUT2D eigenvalue weighted by Gasteiger charge is -2.39. The summed E-state index contributed by atoms with van der Waals surface area (Å²) in [7, 11) is 1.63. The smallest absolute Gasteiger partial charge is 0.237 e. The molecule has 0 aromatic carbocycles. The Hall–Kier alpha value is -1.63. The van der Waals surface area contributed by atoms with E-state index in [1.165, 1.54) is 4.90 Å². The molecular formula is C19H31N3O4. The number of likely N-dealkylation sites (N-methyl/N-ethyl adjacent to an activating group) is 1. The van der Waals surface area contributed by atoms with Crippen LogP contribution < -0.4 is 5.73 Å². The van der Waals surface area contributed by atoms with Crippen molar-refractivity contribution in [1.29, 1.82) is 0 Å². The van der Waals surface area contributed by atoms with Gasteiger partial charge in [-0.2, -0.15) is 0 Å². The van der Waals surface area contributed by atoms with Crippen LogP contribution in [-0.2, 0) is 19.1 Å². The van der Waals surface area contributed by atoms with Crippen LogP contribution in [0.5, 0.6) is 0 Å². The number of piperidine rings is 1. The molecule has 3 aliphatic rings. The van der Waals surface area contributed by atoms with E-state index in [2.05, 4.69) is 0 Å². The standard InChI is InChI=1S/C19H31N3O4/c1-21(12-17(20)23)18(24)9-16-14-2-3-15(16)11-22(10-14)19(25)8-13-4-6-26-7-5-13/h13-16H,2-12H2,1H3,(H2,20,23). The summed E-state index contributed by atoms with van der Waals surface area (Å²) in [6.07, 6.45) is 5.23. The van der Waals surface area contributed by atoms with Crippen LogP contribution in [0.4, 0.5) is 0 Å². The molecule has 1 aliphatic carbocycles. The van der Waals surface area contributed by atoms with Gasteiger partial charge in [-0.3, -0.25) is 14.4 Å². The molecule has 2 unspecified atom stereocenters. The van der Waals surface area contributed by atoms with Gasteiger partial charge in [-0.15, -0.1) is 0 Å². The first kappa shape index (κ1) is 19.1. The lowest BCUT2D eigenvalue weighted by molar-refractivity contribution is -0.138. The predicted octanol–water partition coefficient (Wildman–Crippen LogP) is 0.622. The highest BCUT2D eigenvalue weighted by Crippen LogP contribution is 2.44. The largest absolute Gasteiger partial charge is 0.381 e. The third-order valence-electron chi connectivity index (χ3n) is 6.41. The van der Waals surface area contributed by atoms with E-state index in [4.69, 9.17) is 10.5 Å². The van der Waals surface area contributed by atoms with Crippen molar-refractivity contribution in [3.8, 4) is 0 Å². The van der Waals surface area contributed by atoms with E-state index < -0.39 is 5.91 Å². The third kappa shape index (κ3) is 4.55. The summed E-state index contributed by atoms with van der Waals surface area (Å²) in [5.41, 5.74) is 5.17. The third-order valence-corrected chi connectivity index (χ3v) is 6.41. The van der Waals surface area contributed by atoms with Crippen molar-refractivity contribution in [2.75, 3.05) is 39.9 Å². The monoisotopic (exact) mass is 365 g/mol. The normalized spacial score (nSPS) is 28.8. The minimum atomic E-state index is -0.489. The molecule has 2 bridgehead atoms. The molecular weight excluding hydrogens is 334 g/mol. The van der Waals surface area contributed by atoms with E-state index in [9.17, 15) is 14.4 Å². The molecule has 26 heavy (non-hydrogen) atoms. The number of nitrogens with two attached hydrogens (primary N) is 1. The zero-order valence-electron chi connectivity index (χ0n) is 15.7. The Kier molecular flexibility index (Phi) is 6.16. The number of ether oxygens (including phenoxy) is 1. The first-order valence-electron chi connectivity index (χ1n) is 9.81. The zero-order valence-corrected chi connectivity index (χ0v) is 15.7. The van der Waals surface area contributed by atoms with Gasteiger partial charge in [-0.05, 0) is 49.4 Å². The number of hydrogen-bond acceptors (Lipinski definition) is 4. The van der Waals surface area contributed by atoms with Gasteiger partial charge in [0.1, 0.15) is 0 Å². The van der Waals surface area contributed by atoms with Gasteiger partial charge < -0.3 is 20.3 Å². The molecule has 2 N–H and O–H groups in total. The number of fused-ring (bicyclic) bond motifs is 2. The fourth-order valence-electron chi connectivity index (χ4n) is 4.88. The Morgan fingerprint density at radius 3 is 2.23 bits per heavy atom. The van der Waals surface area contributed by atoms with Crippen LogP contribution in [0.15, 0.2) is 0 Å². The Labute approximate surface area is 155 Å². The van der Waals surface area contributed by atoms with Crippen LogP contribution in [0.3, 0.4) is 0 Å². The van der Waals surface area contributed by atoms with Gasteiger partial charge in [0, 0.05) is 46.2 Å². The van der Waals surface area contributed by atoms with Crippen molar-refractivity contribution in [3.05, 3.63) is 0 Å². The predicted molar refractivity (Wildman–Crippen MR) is 95.9 cm³/mol. The number of carbonyl (C=O) groups excluding carboxylic acids is 3. The molecule has 0 radical (unpaired) electrons. The van der Waals surface area contributed by atoms with Crippen LogP contribution in [0, 0.1) is 23.7 Å². The average molecular weight is 365 g/mol. The SMILES string of the molecule is CN(CC(N)=O)C(=O)CC1C2CCC1CN(C(=O)CC1CCOCC1)C2. The molecule has 3 fully saturated rings. The van der Waals surface area contributed by atoms with Crippen molar-refractivity contribution >= 4 is 17.7 Å². The summed E-state index contributed by atoms with van der Waals surface area (Å²) in [6, 6.07) is 0. The molecule has 3 amide bonds. The van der Waals surface area contributed by atoms with Gasteiger partial charge in [0.15, 0.2) is 0 Å². The van der Waals surface area contributed by atoms with Crippen LogP contribution in [0.25, 0.3) is 0 Å². The summed E-state index contributed by atoms with van der Waals surface area (Å²) in [5.74, 6) is 1.34. The number of nitrogens with zero attached hydrogens (tertiary/aromatic N) is 2. The van der Waals surface area contributed by atoms with Gasteiger partial charge >= 0.3 is 0 Å². The summed E-state index contributed by atoms with van der Waals surface area (Å²) in [4.78, 5) is 39.5. The quantitative estimate of drug-likeness (QED) is 0.747. The van der Waals surface area contributed by atoms with Gasteiger partial charge in [0.05, 0.1) is 6.54 Å². The molecule has 1 saturated carbocycles. The number of carbonyl (C=O) groups is 3. The first-order valence-corrected chi connectivity index (χ1v) is 9.81. The number of primary amides is 1. The number of hydrogen-bond donors (Lipinski definition) is 1. The number of rotatable bonds is 6. The maximum atomic E-state index is 12.7. The number of amides is 3. The van der Waals surface area contributed by atoms with Crippen molar-refractivity contribution in [1.82, 2.24) is 9.80 Å². The topological polar surface area (TPSA) is 92.9 Å². The molecule has 146 valence electrons. The molecule has 2 heterocycles. The molecule has 0 spiro atoms. The van der Waals surface area contributed by atoms with E-state index in [1.54, 1.807) is 7.05 Å². The first-order chi connectivity index (χ1) is 12.4. The van der Waals surface area contributed by atoms with Gasteiger partial charge in [-0.25, -0.2) is 0 Å². The molecule has 7 heteroatoms. The lowest BCUT2D eigenvalue weighted by Crippen LogP contribution is -2.47. The summed E-state index contributed by atoms with van der Waals surface area (Å²) >= 11 is 0. The summed E-state index contributed by atoms with van der Waals surface area (Å²) in [6.45, 7) is 3.06. The van der Waals surface area contributed by atoms with Crippen molar-refractivity contribution < 1.29 is 19.1 Å². The Bertz CT molecular complexity index is 533. The van der Waals surface area contributed by atoms with E-state index in [-0.39, 0.29) is 18.4 Å². The Balaban J connectivity index is 1.51. The van der Waals surface area contributed by atoms with Crippen LogP contribution in [0.2, 0.25) is 0 Å². The highest BCUT2D eigenvalue weighted by Gasteiger charge is 2.44. The second-order valence-corrected chi connectivity index (χ2v) is 8.24. The van der Waals surface area contributed by atoms with Gasteiger partial charge in [0.2, 0.25) is 17.7 Å². The minimum absolute atomic E-state index is 0.0207. The second kappa shape index (κ2) is 8.37. The highest BCUT2D eigenvalue weighted by molar-refractivity contribution is 5.83. The van der Waals surface area contributed by atoms with E-state index in [0.717, 1.165) is 52.0 Å². The van der Waals surface area contributed by atoms with Crippen LogP contribution >= 0.6 is 0 Å². The van der Waals surface area contributed by atoms with Gasteiger partial charge in [0.25, 0.3) is 0 Å². The van der Waals surface area contributed by atoms with Crippen molar-refractivity contribution in [2.45, 2.75) is 38.5 Å². The molecule has 0 aromatic rings. The van der Waals surface area contributed by atoms with E-state index >= 15 is 0 Å². The molecule has 0 aromatic heterocycles. The minimum Gasteiger partial charge on any atom is -0.381 e. The maximum absolute atomic E-state index is 12.7. The Morgan fingerprint density at radius 1 is 1.04 bits per heavy atom. The molecule has 7 nitrogen and oxygen atoms in total. The molecule has 2 saturated heterocycles. The number of likely N-dealkylation sites (tertiary alicyclic amines) is 1. The van der Waals surface area contributed by atoms with Gasteiger partial charge in [-0.1, -0.05) is 0 Å². The fourth-order valence-corrected chi connectivity index (χ4v) is 4.88. The van der Waals surface area contributed by atoms with Crippen LogP contribution in [0.1, 0.15) is 38.5 Å². The average Bonchev–Trinajstić information content (AvgIpc) is 2.83. The highest BCUT2D eigenvalue weighted by atomic mass is 16.5. The Morgan fingerprint density at radius 2 is 1.65 bits per heavy atom. The zero-order chi connectivity index (χ0) is 18.7.